The summed E-state index contributed by atoms with van der Waals surface area (Å²) in [6.07, 6.45) is 0.860. The first-order valence-electron chi connectivity index (χ1n) is 11.9. The van der Waals surface area contributed by atoms with Crippen LogP contribution in [0.4, 0.5) is 9.18 Å². The molecule has 0 aliphatic rings. The zero-order valence-electron chi connectivity index (χ0n) is 20.8. The number of ether oxygens (including phenoxy) is 3. The zero-order valence-corrected chi connectivity index (χ0v) is 20.8. The summed E-state index contributed by atoms with van der Waals surface area (Å²) in [5.74, 6) is 0.359. The summed E-state index contributed by atoms with van der Waals surface area (Å²) in [4.78, 5) is 24.5. The largest absolute Gasteiger partial charge is 0.490 e. The van der Waals surface area contributed by atoms with Gasteiger partial charge in [-0.3, -0.25) is 4.79 Å². The van der Waals surface area contributed by atoms with Crippen molar-refractivity contribution in [1.29, 1.82) is 0 Å². The van der Waals surface area contributed by atoms with Gasteiger partial charge in [-0.25, -0.2) is 14.6 Å². The molecule has 0 saturated heterocycles. The SMILES string of the molecule is CCOC(=O)N[C@@H](CC(=O)N/N=C\c1ccc(OCc2ccc(F)cc2)c(OCC)c1)c1ccccc1. The first-order valence-corrected chi connectivity index (χ1v) is 11.9. The highest BCUT2D eigenvalue weighted by atomic mass is 19.1. The number of hydrogen-bond donors (Lipinski definition) is 2. The van der Waals surface area contributed by atoms with Crippen LogP contribution in [0.1, 0.15) is 43.0 Å². The topological polar surface area (TPSA) is 98.2 Å². The second-order valence-electron chi connectivity index (χ2n) is 7.88. The molecule has 0 heterocycles. The van der Waals surface area contributed by atoms with E-state index in [4.69, 9.17) is 14.2 Å². The van der Waals surface area contributed by atoms with Crippen LogP contribution in [0.15, 0.2) is 77.9 Å². The van der Waals surface area contributed by atoms with Gasteiger partial charge in [0.25, 0.3) is 0 Å². The van der Waals surface area contributed by atoms with Gasteiger partial charge in [0.2, 0.25) is 5.91 Å². The minimum Gasteiger partial charge on any atom is -0.490 e. The second-order valence-corrected chi connectivity index (χ2v) is 7.88. The van der Waals surface area contributed by atoms with Crippen molar-refractivity contribution in [2.45, 2.75) is 32.9 Å². The van der Waals surface area contributed by atoms with Crippen molar-refractivity contribution < 1.29 is 28.2 Å². The molecule has 9 heteroatoms. The quantitative estimate of drug-likeness (QED) is 0.262. The van der Waals surface area contributed by atoms with Crippen molar-refractivity contribution >= 4 is 18.2 Å². The third kappa shape index (κ3) is 8.96. The molecule has 2 N–H and O–H groups in total. The van der Waals surface area contributed by atoms with Crippen molar-refractivity contribution in [3.63, 3.8) is 0 Å². The second kappa shape index (κ2) is 14.2. The first-order chi connectivity index (χ1) is 18.0. The fraction of sp³-hybridized carbons (Fsp3) is 0.250. The Hall–Kier alpha value is -4.40. The number of alkyl carbamates (subject to hydrolysis) is 1. The lowest BCUT2D eigenvalue weighted by Gasteiger charge is -2.18. The smallest absolute Gasteiger partial charge is 0.407 e. The van der Waals surface area contributed by atoms with E-state index in [2.05, 4.69) is 15.8 Å². The van der Waals surface area contributed by atoms with Crippen LogP contribution in [0, 0.1) is 5.82 Å². The third-order valence-electron chi connectivity index (χ3n) is 5.14. The van der Waals surface area contributed by atoms with E-state index in [1.165, 1.54) is 18.3 Å². The van der Waals surface area contributed by atoms with Crippen LogP contribution in [0.5, 0.6) is 11.5 Å². The summed E-state index contributed by atoms with van der Waals surface area (Å²) in [5.41, 5.74) is 4.77. The molecule has 3 rings (SSSR count). The van der Waals surface area contributed by atoms with Gasteiger partial charge in [0, 0.05) is 0 Å². The summed E-state index contributed by atoms with van der Waals surface area (Å²) in [6.45, 7) is 4.48. The van der Waals surface area contributed by atoms with Crippen LogP contribution in [-0.2, 0) is 16.1 Å². The highest BCUT2D eigenvalue weighted by molar-refractivity contribution is 5.83. The molecule has 0 bridgehead atoms. The van der Waals surface area contributed by atoms with E-state index in [1.54, 1.807) is 37.3 Å². The van der Waals surface area contributed by atoms with Gasteiger partial charge in [-0.1, -0.05) is 42.5 Å². The monoisotopic (exact) mass is 507 g/mol. The Morgan fingerprint density at radius 3 is 2.41 bits per heavy atom. The number of benzene rings is 3. The number of hydrazone groups is 1. The highest BCUT2D eigenvalue weighted by Gasteiger charge is 2.18. The molecule has 0 radical (unpaired) electrons. The Morgan fingerprint density at radius 1 is 0.946 bits per heavy atom. The van der Waals surface area contributed by atoms with Crippen molar-refractivity contribution in [2.75, 3.05) is 13.2 Å². The Labute approximate surface area is 215 Å². The molecule has 0 aliphatic heterocycles. The molecule has 1 atom stereocenters. The molecular weight excluding hydrogens is 477 g/mol. The standard InChI is InChI=1S/C28H30FN3O5/c1-3-35-26-16-21(12-15-25(26)37-19-20-10-13-23(29)14-11-20)18-30-32-27(33)17-24(31-28(34)36-4-2)22-8-6-5-7-9-22/h5-16,18,24H,3-4,17,19H2,1-2H3,(H,31,34)(H,32,33)/b30-18-/t24-/m0/s1. The minimum absolute atomic E-state index is 0.0273. The molecule has 2 amide bonds. The van der Waals surface area contributed by atoms with E-state index >= 15 is 0 Å². The molecule has 3 aromatic rings. The maximum absolute atomic E-state index is 13.1. The molecule has 0 saturated carbocycles. The van der Waals surface area contributed by atoms with Gasteiger partial charge in [0.15, 0.2) is 11.5 Å². The third-order valence-corrected chi connectivity index (χ3v) is 5.14. The molecule has 8 nitrogen and oxygen atoms in total. The van der Waals surface area contributed by atoms with Gasteiger partial charge >= 0.3 is 6.09 Å². The van der Waals surface area contributed by atoms with E-state index in [0.717, 1.165) is 11.1 Å². The number of halogens is 1. The predicted octanol–water partition coefficient (Wildman–Crippen LogP) is 5.13. The van der Waals surface area contributed by atoms with Gasteiger partial charge in [-0.2, -0.15) is 5.10 Å². The van der Waals surface area contributed by atoms with Crippen molar-refractivity contribution in [1.82, 2.24) is 10.7 Å². The van der Waals surface area contributed by atoms with Crippen LogP contribution in [0.25, 0.3) is 0 Å². The van der Waals surface area contributed by atoms with Crippen LogP contribution < -0.4 is 20.2 Å². The van der Waals surface area contributed by atoms with Crippen LogP contribution >= 0.6 is 0 Å². The Kier molecular flexibility index (Phi) is 10.5. The van der Waals surface area contributed by atoms with Crippen molar-refractivity contribution in [3.8, 4) is 11.5 Å². The maximum atomic E-state index is 13.1. The van der Waals surface area contributed by atoms with Crippen molar-refractivity contribution in [2.24, 2.45) is 5.10 Å². The lowest BCUT2D eigenvalue weighted by molar-refractivity contribution is -0.121. The molecule has 194 valence electrons. The Bertz CT molecular complexity index is 1190. The van der Waals surface area contributed by atoms with E-state index in [9.17, 15) is 14.0 Å². The average Bonchev–Trinajstić information content (AvgIpc) is 2.89. The Balaban J connectivity index is 1.61. The van der Waals surface area contributed by atoms with Gasteiger partial charge in [-0.15, -0.1) is 0 Å². The fourth-order valence-electron chi connectivity index (χ4n) is 3.40. The Morgan fingerprint density at radius 2 is 1.70 bits per heavy atom. The van der Waals surface area contributed by atoms with Crippen molar-refractivity contribution in [3.05, 3.63) is 95.3 Å². The number of nitrogens with one attached hydrogen (secondary N) is 2. The number of rotatable bonds is 12. The number of nitrogens with zero attached hydrogens (tertiary/aromatic N) is 1. The molecular formula is C28H30FN3O5. The molecule has 0 aliphatic carbocycles. The summed E-state index contributed by atoms with van der Waals surface area (Å²) in [7, 11) is 0. The van der Waals surface area contributed by atoms with E-state index < -0.39 is 12.1 Å². The van der Waals surface area contributed by atoms with E-state index in [1.807, 2.05) is 37.3 Å². The molecule has 0 fully saturated rings. The highest BCUT2D eigenvalue weighted by Crippen LogP contribution is 2.29. The predicted molar refractivity (Wildman–Crippen MR) is 138 cm³/mol. The fourth-order valence-corrected chi connectivity index (χ4v) is 3.40. The first kappa shape index (κ1) is 27.2. The summed E-state index contributed by atoms with van der Waals surface area (Å²) >= 11 is 0. The summed E-state index contributed by atoms with van der Waals surface area (Å²) in [6, 6.07) is 19.9. The molecule has 0 aromatic heterocycles. The molecule has 0 unspecified atom stereocenters. The number of carbonyl (C=O) groups excluding carboxylic acids is 2. The number of amides is 2. The summed E-state index contributed by atoms with van der Waals surface area (Å²) in [5, 5.41) is 6.74. The van der Waals surface area contributed by atoms with Crippen LogP contribution in [0.2, 0.25) is 0 Å². The molecule has 3 aromatic carbocycles. The molecule has 0 spiro atoms. The lowest BCUT2D eigenvalue weighted by atomic mass is 10.0. The number of hydrogen-bond acceptors (Lipinski definition) is 6. The number of carbonyl (C=O) groups is 2. The average molecular weight is 508 g/mol. The van der Waals surface area contributed by atoms with Crippen LogP contribution in [0.3, 0.4) is 0 Å². The normalized spacial score (nSPS) is 11.5. The van der Waals surface area contributed by atoms with Crippen LogP contribution in [-0.4, -0.2) is 31.4 Å². The van der Waals surface area contributed by atoms with Gasteiger partial charge in [0.1, 0.15) is 12.4 Å². The van der Waals surface area contributed by atoms with E-state index in [-0.39, 0.29) is 31.4 Å². The van der Waals surface area contributed by atoms with Gasteiger partial charge in [0.05, 0.1) is 31.9 Å². The maximum Gasteiger partial charge on any atom is 0.407 e. The van der Waals surface area contributed by atoms with Gasteiger partial charge in [-0.05, 0) is 60.9 Å². The summed E-state index contributed by atoms with van der Waals surface area (Å²) < 4.78 is 29.6. The zero-order chi connectivity index (χ0) is 26.5. The van der Waals surface area contributed by atoms with Gasteiger partial charge < -0.3 is 19.5 Å². The minimum atomic E-state index is -0.599. The molecule has 37 heavy (non-hydrogen) atoms. The lowest BCUT2D eigenvalue weighted by Crippen LogP contribution is -2.33. The van der Waals surface area contributed by atoms with E-state index in [0.29, 0.717) is 23.7 Å².